The van der Waals surface area contributed by atoms with E-state index in [4.69, 9.17) is 39.7 Å². The summed E-state index contributed by atoms with van der Waals surface area (Å²) in [5.74, 6) is -0.679. The van der Waals surface area contributed by atoms with Crippen molar-refractivity contribution in [1.82, 2.24) is 14.3 Å². The Hall–Kier alpha value is -1.47. The zero-order valence-electron chi connectivity index (χ0n) is 15.0. The molecule has 2 aromatic rings. The summed E-state index contributed by atoms with van der Waals surface area (Å²) in [5, 5.41) is 4.62. The molecule has 0 aliphatic carbocycles. The number of halogens is 3. The number of amides is 1. The third-order valence-electron chi connectivity index (χ3n) is 5.00. The minimum Gasteiger partial charge on any atom is -0.469 e. The van der Waals surface area contributed by atoms with Gasteiger partial charge in [-0.3, -0.25) is 9.59 Å². The molecular formula is C18H20Cl3N3O3. The van der Waals surface area contributed by atoms with Crippen LogP contribution in [-0.2, 0) is 16.6 Å². The lowest BCUT2D eigenvalue weighted by molar-refractivity contribution is -0.142. The van der Waals surface area contributed by atoms with Crippen LogP contribution in [0.3, 0.4) is 0 Å². The van der Waals surface area contributed by atoms with Crippen molar-refractivity contribution in [2.24, 2.45) is 13.0 Å². The molecule has 0 radical (unpaired) electrons. The molecule has 1 aromatic carbocycles. The Labute approximate surface area is 172 Å². The molecule has 3 rings (SSSR count). The van der Waals surface area contributed by atoms with Crippen molar-refractivity contribution < 1.29 is 14.3 Å². The number of piperidine rings is 1. The number of rotatable bonds is 4. The van der Waals surface area contributed by atoms with E-state index in [1.165, 1.54) is 7.11 Å². The summed E-state index contributed by atoms with van der Waals surface area (Å²) < 4.78 is 8.18. The van der Waals surface area contributed by atoms with Gasteiger partial charge in [0.25, 0.3) is 5.91 Å². The van der Waals surface area contributed by atoms with Crippen molar-refractivity contribution in [3.63, 3.8) is 0 Å². The number of ether oxygens (including phenoxy) is 1. The maximum absolute atomic E-state index is 12.9. The van der Waals surface area contributed by atoms with Crippen molar-refractivity contribution in [3.05, 3.63) is 33.9 Å². The third kappa shape index (κ3) is 4.19. The lowest BCUT2D eigenvalue weighted by Crippen LogP contribution is -2.49. The Morgan fingerprint density at radius 1 is 1.33 bits per heavy atom. The first kappa shape index (κ1) is 20.3. The lowest BCUT2D eigenvalue weighted by atomic mass is 9.90. The molecule has 1 aliphatic rings. The van der Waals surface area contributed by atoms with Crippen LogP contribution in [0.25, 0.3) is 10.9 Å². The molecule has 1 amide bonds. The highest BCUT2D eigenvalue weighted by Crippen LogP contribution is 2.32. The minimum absolute atomic E-state index is 0.125. The number of aromatic nitrogens is 1. The van der Waals surface area contributed by atoms with E-state index in [-0.39, 0.29) is 30.3 Å². The summed E-state index contributed by atoms with van der Waals surface area (Å²) in [4.78, 5) is 24.6. The van der Waals surface area contributed by atoms with Gasteiger partial charge >= 0.3 is 5.97 Å². The van der Waals surface area contributed by atoms with Gasteiger partial charge in [-0.05, 0) is 36.4 Å². The second-order valence-electron chi connectivity index (χ2n) is 6.66. The Kier molecular flexibility index (Phi) is 6.21. The van der Waals surface area contributed by atoms with Gasteiger partial charge in [0.05, 0.1) is 23.6 Å². The van der Waals surface area contributed by atoms with E-state index in [0.29, 0.717) is 35.2 Å². The second-order valence-corrected chi connectivity index (χ2v) is 7.92. The van der Waals surface area contributed by atoms with Crippen LogP contribution in [0.5, 0.6) is 0 Å². The predicted molar refractivity (Wildman–Crippen MR) is 106 cm³/mol. The van der Waals surface area contributed by atoms with Crippen LogP contribution in [0.2, 0.25) is 10.0 Å². The molecule has 1 fully saturated rings. The molecule has 1 N–H and O–H groups in total. The van der Waals surface area contributed by atoms with E-state index in [2.05, 4.69) is 5.32 Å². The number of carbonyl (C=O) groups is 2. The van der Waals surface area contributed by atoms with Crippen LogP contribution in [0.1, 0.15) is 23.3 Å². The van der Waals surface area contributed by atoms with Crippen molar-refractivity contribution in [2.75, 3.05) is 20.2 Å². The maximum Gasteiger partial charge on any atom is 0.305 e. The SMILES string of the molecule is COC(=O)CC1CN(Cl)CCC1NC(=O)c1cc2c(Cl)c(Cl)ccc2n1C. The monoisotopic (exact) mass is 431 g/mol. The summed E-state index contributed by atoms with van der Waals surface area (Å²) in [6.07, 6.45) is 0.842. The molecule has 0 saturated carbocycles. The molecule has 27 heavy (non-hydrogen) atoms. The predicted octanol–water partition coefficient (Wildman–Crippen LogP) is 3.62. The number of methoxy groups -OCH3 is 1. The molecule has 9 heteroatoms. The molecule has 6 nitrogen and oxygen atoms in total. The highest BCUT2D eigenvalue weighted by Gasteiger charge is 2.32. The first-order valence-corrected chi connectivity index (χ1v) is 9.63. The van der Waals surface area contributed by atoms with Crippen molar-refractivity contribution in [1.29, 1.82) is 0 Å². The van der Waals surface area contributed by atoms with Crippen LogP contribution in [-0.4, -0.2) is 47.1 Å². The van der Waals surface area contributed by atoms with Crippen LogP contribution in [0, 0.1) is 5.92 Å². The van der Waals surface area contributed by atoms with Gasteiger partial charge in [-0.25, -0.2) is 4.42 Å². The quantitative estimate of drug-likeness (QED) is 0.592. The largest absolute Gasteiger partial charge is 0.469 e. The zero-order valence-corrected chi connectivity index (χ0v) is 17.2. The average Bonchev–Trinajstić information content (AvgIpc) is 2.98. The van der Waals surface area contributed by atoms with Crippen LogP contribution < -0.4 is 5.32 Å². The third-order valence-corrected chi connectivity index (χ3v) is 6.13. The zero-order chi connectivity index (χ0) is 19.7. The molecular weight excluding hydrogens is 413 g/mol. The fraction of sp³-hybridized carbons (Fsp3) is 0.444. The Balaban J connectivity index is 1.83. The van der Waals surface area contributed by atoms with E-state index >= 15 is 0 Å². The molecule has 2 atom stereocenters. The van der Waals surface area contributed by atoms with E-state index in [9.17, 15) is 9.59 Å². The van der Waals surface area contributed by atoms with E-state index in [0.717, 1.165) is 10.9 Å². The summed E-state index contributed by atoms with van der Waals surface area (Å²) in [7, 11) is 3.15. The molecule has 1 aliphatic heterocycles. The molecule has 1 aromatic heterocycles. The number of nitrogens with one attached hydrogen (secondary N) is 1. The fourth-order valence-corrected chi connectivity index (χ4v) is 4.15. The normalized spacial score (nSPS) is 20.6. The molecule has 0 bridgehead atoms. The smallest absolute Gasteiger partial charge is 0.305 e. The Morgan fingerprint density at radius 3 is 2.78 bits per heavy atom. The van der Waals surface area contributed by atoms with Gasteiger partial charge in [-0.1, -0.05) is 23.2 Å². The van der Waals surface area contributed by atoms with Crippen LogP contribution >= 0.6 is 35.0 Å². The number of aryl methyl sites for hydroxylation is 1. The van der Waals surface area contributed by atoms with E-state index < -0.39 is 0 Å². The first-order chi connectivity index (χ1) is 12.8. The first-order valence-electron chi connectivity index (χ1n) is 8.53. The highest BCUT2D eigenvalue weighted by atomic mass is 35.5. The topological polar surface area (TPSA) is 63.6 Å². The van der Waals surface area contributed by atoms with Crippen molar-refractivity contribution in [3.8, 4) is 0 Å². The standard InChI is InChI=1S/C18H20Cl3N3O3/c1-23-14-4-3-12(19)17(20)11(14)8-15(23)18(26)22-13-5-6-24(21)9-10(13)7-16(25)27-2/h3-4,8,10,13H,5-7,9H2,1-2H3,(H,22,26). The maximum atomic E-state index is 12.9. The minimum atomic E-state index is -0.322. The second kappa shape index (κ2) is 8.27. The van der Waals surface area contributed by atoms with E-state index in [1.807, 2.05) is 6.07 Å². The number of nitrogens with zero attached hydrogens (tertiary/aromatic N) is 2. The Bertz CT molecular complexity index is 884. The highest BCUT2D eigenvalue weighted by molar-refractivity contribution is 6.45. The van der Waals surface area contributed by atoms with E-state index in [1.54, 1.807) is 28.2 Å². The molecule has 2 unspecified atom stereocenters. The summed E-state index contributed by atoms with van der Waals surface area (Å²) in [6, 6.07) is 5.08. The number of carbonyl (C=O) groups excluding carboxylic acids is 2. The van der Waals surface area contributed by atoms with Crippen molar-refractivity contribution >= 4 is 57.8 Å². The molecule has 146 valence electrons. The number of hydrogen-bond acceptors (Lipinski definition) is 4. The number of benzene rings is 1. The van der Waals surface area contributed by atoms with Gasteiger partial charge in [-0.15, -0.1) is 0 Å². The molecule has 0 spiro atoms. The van der Waals surface area contributed by atoms with Crippen LogP contribution in [0.4, 0.5) is 0 Å². The molecule has 1 saturated heterocycles. The summed E-state index contributed by atoms with van der Waals surface area (Å²) in [5.41, 5.74) is 1.29. The van der Waals surface area contributed by atoms with Gasteiger partial charge in [-0.2, -0.15) is 0 Å². The summed E-state index contributed by atoms with van der Waals surface area (Å²) in [6.45, 7) is 1.12. The Morgan fingerprint density at radius 2 is 2.07 bits per heavy atom. The van der Waals surface area contributed by atoms with Crippen LogP contribution in [0.15, 0.2) is 18.2 Å². The van der Waals surface area contributed by atoms with Gasteiger partial charge < -0.3 is 14.6 Å². The fourth-order valence-electron chi connectivity index (χ4n) is 3.49. The van der Waals surface area contributed by atoms with Gasteiger partial charge in [0, 0.05) is 43.0 Å². The van der Waals surface area contributed by atoms with Gasteiger partial charge in [0.1, 0.15) is 5.69 Å². The van der Waals surface area contributed by atoms with Gasteiger partial charge in [0.2, 0.25) is 0 Å². The number of hydrogen-bond donors (Lipinski definition) is 1. The lowest BCUT2D eigenvalue weighted by Gasteiger charge is -2.35. The average molecular weight is 433 g/mol. The number of esters is 1. The van der Waals surface area contributed by atoms with Crippen molar-refractivity contribution in [2.45, 2.75) is 18.9 Å². The number of fused-ring (bicyclic) bond motifs is 1. The summed E-state index contributed by atoms with van der Waals surface area (Å²) >= 11 is 18.5. The van der Waals surface area contributed by atoms with Gasteiger partial charge in [0.15, 0.2) is 0 Å². The molecule has 2 heterocycles.